The van der Waals surface area contributed by atoms with Gasteiger partial charge in [0, 0.05) is 6.92 Å². The van der Waals surface area contributed by atoms with Crippen molar-refractivity contribution < 1.29 is 26.3 Å². The fourth-order valence-corrected chi connectivity index (χ4v) is 0.321. The minimum atomic E-state index is -4.98. The first-order valence-corrected chi connectivity index (χ1v) is 2.56. The zero-order valence-electron chi connectivity index (χ0n) is 5.42. The zero-order chi connectivity index (χ0) is 9.28. The van der Waals surface area contributed by atoms with Gasteiger partial charge < -0.3 is 0 Å². The highest BCUT2D eigenvalue weighted by molar-refractivity contribution is 4.91. The molecule has 0 aliphatic heterocycles. The van der Waals surface area contributed by atoms with Crippen LogP contribution in [0.4, 0.5) is 26.3 Å². The average molecular weight is 179 g/mol. The van der Waals surface area contributed by atoms with E-state index in [4.69, 9.17) is 0 Å². The minimum Gasteiger partial charge on any atom is -0.241 e. The van der Waals surface area contributed by atoms with Gasteiger partial charge in [0.25, 0.3) is 0 Å². The van der Waals surface area contributed by atoms with Gasteiger partial charge in [-0.3, -0.25) is 0 Å². The molecule has 0 nitrogen and oxygen atoms in total. The highest BCUT2D eigenvalue weighted by Gasteiger charge is 2.58. The van der Waals surface area contributed by atoms with Crippen LogP contribution in [-0.2, 0) is 0 Å². The number of hydrogen-bond acceptors (Lipinski definition) is 0. The Bertz CT molecular complexity index is 125. The van der Waals surface area contributed by atoms with Crippen molar-refractivity contribution in [3.63, 3.8) is 0 Å². The van der Waals surface area contributed by atoms with Gasteiger partial charge in [0.1, 0.15) is 0 Å². The van der Waals surface area contributed by atoms with Gasteiger partial charge in [-0.2, -0.15) is 8.78 Å². The molecular formula is C5H5F6. The van der Waals surface area contributed by atoms with Crippen molar-refractivity contribution >= 4 is 0 Å². The predicted molar refractivity (Wildman–Crippen MR) is 25.9 cm³/mol. The summed E-state index contributed by atoms with van der Waals surface area (Å²) in [7, 11) is 0. The van der Waals surface area contributed by atoms with Crippen LogP contribution in [0.3, 0.4) is 0 Å². The van der Waals surface area contributed by atoms with E-state index in [2.05, 4.69) is 0 Å². The molecule has 0 N–H and O–H groups in total. The molecule has 0 saturated carbocycles. The zero-order valence-corrected chi connectivity index (χ0v) is 5.42. The van der Waals surface area contributed by atoms with E-state index < -0.39 is 24.7 Å². The fraction of sp³-hybridized carbons (Fsp3) is 0.800. The Kier molecular flexibility index (Phi) is 2.79. The second-order valence-electron chi connectivity index (χ2n) is 2.04. The molecule has 0 heterocycles. The van der Waals surface area contributed by atoms with E-state index >= 15 is 0 Å². The van der Waals surface area contributed by atoms with Gasteiger partial charge in [0.2, 0.25) is 6.17 Å². The summed E-state index contributed by atoms with van der Waals surface area (Å²) in [5.74, 6) is -9.54. The maximum Gasteiger partial charge on any atom is 0.343 e. The first-order chi connectivity index (χ1) is 4.73. The molecule has 1 radical (unpaired) electrons. The summed E-state index contributed by atoms with van der Waals surface area (Å²) in [6, 6.07) is 0. The molecule has 0 rings (SSSR count). The van der Waals surface area contributed by atoms with Crippen molar-refractivity contribution in [3.8, 4) is 0 Å². The lowest BCUT2D eigenvalue weighted by Gasteiger charge is -2.24. The van der Waals surface area contributed by atoms with E-state index in [-0.39, 0.29) is 6.92 Å². The summed E-state index contributed by atoms with van der Waals surface area (Å²) in [6.45, 7) is -1.28. The van der Waals surface area contributed by atoms with E-state index in [1.54, 1.807) is 0 Å². The van der Waals surface area contributed by atoms with Gasteiger partial charge in [-0.05, 0) is 0 Å². The van der Waals surface area contributed by atoms with Crippen LogP contribution in [0.5, 0.6) is 0 Å². The third-order valence-electron chi connectivity index (χ3n) is 1.04. The average Bonchev–Trinajstić information content (AvgIpc) is 1.83. The second-order valence-corrected chi connectivity index (χ2v) is 2.04. The van der Waals surface area contributed by atoms with Gasteiger partial charge in [-0.25, -0.2) is 17.6 Å². The molecule has 0 spiro atoms. The van der Waals surface area contributed by atoms with Crippen molar-refractivity contribution in [1.29, 1.82) is 0 Å². The van der Waals surface area contributed by atoms with Gasteiger partial charge in [0.15, 0.2) is 6.67 Å². The molecular weight excluding hydrogens is 174 g/mol. The number of halogens is 6. The number of alkyl halides is 5. The molecule has 0 aliphatic carbocycles. The maximum absolute atomic E-state index is 11.9. The molecule has 0 amide bonds. The fourth-order valence-electron chi connectivity index (χ4n) is 0.321. The molecule has 0 aromatic rings. The van der Waals surface area contributed by atoms with Crippen molar-refractivity contribution in [3.05, 3.63) is 6.67 Å². The molecule has 0 saturated heterocycles. The van der Waals surface area contributed by atoms with Gasteiger partial charge in [0.05, 0.1) is 0 Å². The Hall–Kier alpha value is -0.420. The standard InChI is InChI=1S/C5H5F6/c1-4(8,9)5(10,11)3(7)2-6/h2-3H,1H3. The van der Waals surface area contributed by atoms with Crippen LogP contribution in [0, 0.1) is 6.67 Å². The lowest BCUT2D eigenvalue weighted by Crippen LogP contribution is -2.45. The van der Waals surface area contributed by atoms with Crippen LogP contribution in [0.1, 0.15) is 6.92 Å². The Morgan fingerprint density at radius 1 is 1.18 bits per heavy atom. The molecule has 0 bridgehead atoms. The smallest absolute Gasteiger partial charge is 0.241 e. The molecule has 0 aromatic heterocycles. The first kappa shape index (κ1) is 10.6. The normalized spacial score (nSPS) is 16.6. The molecule has 11 heavy (non-hydrogen) atoms. The Morgan fingerprint density at radius 3 is 1.64 bits per heavy atom. The molecule has 0 aromatic carbocycles. The number of hydrogen-bond donors (Lipinski definition) is 0. The van der Waals surface area contributed by atoms with Crippen LogP contribution in [0.15, 0.2) is 0 Å². The molecule has 0 aliphatic rings. The van der Waals surface area contributed by atoms with Crippen molar-refractivity contribution in [2.45, 2.75) is 24.9 Å². The van der Waals surface area contributed by atoms with E-state index in [1.165, 1.54) is 0 Å². The summed E-state index contributed by atoms with van der Waals surface area (Å²) in [4.78, 5) is 0. The third kappa shape index (κ3) is 2.00. The van der Waals surface area contributed by atoms with Crippen LogP contribution >= 0.6 is 0 Å². The van der Waals surface area contributed by atoms with Crippen LogP contribution < -0.4 is 0 Å². The van der Waals surface area contributed by atoms with Crippen LogP contribution in [0.2, 0.25) is 0 Å². The van der Waals surface area contributed by atoms with Crippen molar-refractivity contribution in [2.75, 3.05) is 0 Å². The molecule has 0 fully saturated rings. The van der Waals surface area contributed by atoms with E-state index in [1.807, 2.05) is 0 Å². The topological polar surface area (TPSA) is 0 Å². The molecule has 6 heteroatoms. The summed E-state index contributed by atoms with van der Waals surface area (Å²) in [5, 5.41) is 0. The highest BCUT2D eigenvalue weighted by Crippen LogP contribution is 2.38. The van der Waals surface area contributed by atoms with Crippen molar-refractivity contribution in [1.82, 2.24) is 0 Å². The minimum absolute atomic E-state index is 0.177. The quantitative estimate of drug-likeness (QED) is 0.584. The molecule has 1 unspecified atom stereocenters. The van der Waals surface area contributed by atoms with E-state index in [0.29, 0.717) is 0 Å². The monoisotopic (exact) mass is 179 g/mol. The van der Waals surface area contributed by atoms with Crippen molar-refractivity contribution in [2.24, 2.45) is 0 Å². The summed E-state index contributed by atoms with van der Waals surface area (Å²) >= 11 is 0. The summed E-state index contributed by atoms with van der Waals surface area (Å²) in [6.07, 6.45) is -3.57. The van der Waals surface area contributed by atoms with E-state index in [0.717, 1.165) is 0 Å². The number of rotatable bonds is 3. The lowest BCUT2D eigenvalue weighted by molar-refractivity contribution is -0.225. The van der Waals surface area contributed by atoms with Gasteiger partial charge in [-0.1, -0.05) is 0 Å². The Morgan fingerprint density at radius 2 is 1.55 bits per heavy atom. The second kappa shape index (κ2) is 2.91. The van der Waals surface area contributed by atoms with Gasteiger partial charge in [-0.15, -0.1) is 0 Å². The van der Waals surface area contributed by atoms with Crippen LogP contribution in [-0.4, -0.2) is 18.0 Å². The first-order valence-electron chi connectivity index (χ1n) is 2.56. The Balaban J connectivity index is 4.45. The summed E-state index contributed by atoms with van der Waals surface area (Å²) in [5.41, 5.74) is 0. The maximum atomic E-state index is 11.9. The SMILES string of the molecule is CC(F)(F)C(F)(F)C(F)[CH]F. The largest absolute Gasteiger partial charge is 0.343 e. The third-order valence-corrected chi connectivity index (χ3v) is 1.04. The molecule has 1 atom stereocenters. The predicted octanol–water partition coefficient (Wildman–Crippen LogP) is 2.75. The molecule has 67 valence electrons. The van der Waals surface area contributed by atoms with Crippen LogP contribution in [0.25, 0.3) is 0 Å². The van der Waals surface area contributed by atoms with E-state index in [9.17, 15) is 26.3 Å². The highest BCUT2D eigenvalue weighted by atomic mass is 19.3. The van der Waals surface area contributed by atoms with Gasteiger partial charge >= 0.3 is 11.8 Å². The lowest BCUT2D eigenvalue weighted by atomic mass is 10.1. The Labute approximate surface area is 59.2 Å². The summed E-state index contributed by atoms with van der Waals surface area (Å²) < 4.78 is 70.2.